The summed E-state index contributed by atoms with van der Waals surface area (Å²) < 4.78 is 9.90. The van der Waals surface area contributed by atoms with Crippen LogP contribution in [-0.2, 0) is 16.0 Å². The molecule has 0 bridgehead atoms. The zero-order valence-corrected chi connectivity index (χ0v) is 15.2. The first kappa shape index (κ1) is 20.2. The SMILES string of the molecule is COc1ccc(CCNC(=O)COC(=O)c2ccc(Cl)cc2[N+](=O)[O-])cc1. The fourth-order valence-electron chi connectivity index (χ4n) is 2.23. The lowest BCUT2D eigenvalue weighted by Gasteiger charge is -2.08. The number of methoxy groups -OCH3 is 1. The summed E-state index contributed by atoms with van der Waals surface area (Å²) in [4.78, 5) is 34.0. The van der Waals surface area contributed by atoms with E-state index < -0.39 is 29.1 Å². The number of carbonyl (C=O) groups excluding carboxylic acids is 2. The fraction of sp³-hybridized carbons (Fsp3) is 0.222. The highest BCUT2D eigenvalue weighted by Crippen LogP contribution is 2.23. The molecular weight excluding hydrogens is 376 g/mol. The van der Waals surface area contributed by atoms with Crippen molar-refractivity contribution in [2.45, 2.75) is 6.42 Å². The normalized spacial score (nSPS) is 10.1. The van der Waals surface area contributed by atoms with Crippen molar-refractivity contribution in [3.8, 4) is 5.75 Å². The maximum Gasteiger partial charge on any atom is 0.345 e. The van der Waals surface area contributed by atoms with Crippen LogP contribution in [-0.4, -0.2) is 37.1 Å². The van der Waals surface area contributed by atoms with Crippen molar-refractivity contribution >= 4 is 29.2 Å². The first-order valence-corrected chi connectivity index (χ1v) is 8.29. The van der Waals surface area contributed by atoms with Crippen LogP contribution in [0.5, 0.6) is 5.75 Å². The molecule has 2 aromatic carbocycles. The molecule has 0 heterocycles. The van der Waals surface area contributed by atoms with E-state index in [0.29, 0.717) is 13.0 Å². The largest absolute Gasteiger partial charge is 0.497 e. The number of nitro groups is 1. The highest BCUT2D eigenvalue weighted by atomic mass is 35.5. The minimum atomic E-state index is -0.969. The fourth-order valence-corrected chi connectivity index (χ4v) is 2.39. The van der Waals surface area contributed by atoms with Crippen LogP contribution in [0.3, 0.4) is 0 Å². The number of halogens is 1. The number of nitro benzene ring substituents is 1. The van der Waals surface area contributed by atoms with Gasteiger partial charge in [0, 0.05) is 17.6 Å². The predicted molar refractivity (Wildman–Crippen MR) is 98.1 cm³/mol. The lowest BCUT2D eigenvalue weighted by molar-refractivity contribution is -0.385. The van der Waals surface area contributed by atoms with Crippen LogP contribution in [0.1, 0.15) is 15.9 Å². The third-order valence-electron chi connectivity index (χ3n) is 3.61. The minimum Gasteiger partial charge on any atom is -0.497 e. The van der Waals surface area contributed by atoms with Gasteiger partial charge >= 0.3 is 5.97 Å². The molecule has 0 spiro atoms. The number of amides is 1. The molecule has 0 aliphatic rings. The first-order chi connectivity index (χ1) is 12.9. The lowest BCUT2D eigenvalue weighted by atomic mass is 10.1. The second-order valence-electron chi connectivity index (χ2n) is 5.44. The number of hydrogen-bond donors (Lipinski definition) is 1. The molecule has 27 heavy (non-hydrogen) atoms. The van der Waals surface area contributed by atoms with E-state index in [9.17, 15) is 19.7 Å². The highest BCUT2D eigenvalue weighted by Gasteiger charge is 2.22. The molecule has 0 aliphatic carbocycles. The van der Waals surface area contributed by atoms with Crippen molar-refractivity contribution in [2.75, 3.05) is 20.3 Å². The van der Waals surface area contributed by atoms with E-state index in [1.54, 1.807) is 7.11 Å². The molecule has 0 fully saturated rings. The summed E-state index contributed by atoms with van der Waals surface area (Å²) in [6.07, 6.45) is 0.590. The molecule has 142 valence electrons. The Labute approximate surface area is 160 Å². The van der Waals surface area contributed by atoms with E-state index in [4.69, 9.17) is 21.1 Å². The van der Waals surface area contributed by atoms with Gasteiger partial charge in [0.25, 0.3) is 11.6 Å². The van der Waals surface area contributed by atoms with Gasteiger partial charge in [0.2, 0.25) is 0 Å². The number of hydrogen-bond acceptors (Lipinski definition) is 6. The molecule has 1 N–H and O–H groups in total. The molecule has 0 aliphatic heterocycles. The number of carbonyl (C=O) groups is 2. The van der Waals surface area contributed by atoms with Crippen LogP contribution in [0.2, 0.25) is 5.02 Å². The van der Waals surface area contributed by atoms with Gasteiger partial charge in [-0.25, -0.2) is 4.79 Å². The van der Waals surface area contributed by atoms with E-state index in [2.05, 4.69) is 5.32 Å². The Morgan fingerprint density at radius 1 is 1.19 bits per heavy atom. The molecule has 0 saturated carbocycles. The average Bonchev–Trinajstić information content (AvgIpc) is 2.66. The molecule has 1 amide bonds. The Kier molecular flexibility index (Phi) is 7.13. The monoisotopic (exact) mass is 392 g/mol. The summed E-state index contributed by atoms with van der Waals surface area (Å²) in [6.45, 7) is -0.189. The summed E-state index contributed by atoms with van der Waals surface area (Å²) in [6, 6.07) is 11.0. The van der Waals surface area contributed by atoms with Crippen molar-refractivity contribution in [3.05, 3.63) is 68.7 Å². The quantitative estimate of drug-likeness (QED) is 0.420. The van der Waals surface area contributed by atoms with Gasteiger partial charge in [-0.05, 0) is 36.2 Å². The topological polar surface area (TPSA) is 108 Å². The summed E-state index contributed by atoms with van der Waals surface area (Å²) in [5.74, 6) is -0.733. The van der Waals surface area contributed by atoms with Crippen molar-refractivity contribution in [3.63, 3.8) is 0 Å². The van der Waals surface area contributed by atoms with E-state index in [1.807, 2.05) is 24.3 Å². The van der Waals surface area contributed by atoms with Gasteiger partial charge in [0.05, 0.1) is 12.0 Å². The van der Waals surface area contributed by atoms with Crippen LogP contribution in [0.4, 0.5) is 5.69 Å². The van der Waals surface area contributed by atoms with Gasteiger partial charge in [-0.2, -0.15) is 0 Å². The molecule has 0 radical (unpaired) electrons. The Bertz CT molecular complexity index is 838. The van der Waals surface area contributed by atoms with Gasteiger partial charge in [0.15, 0.2) is 6.61 Å². The molecule has 2 aromatic rings. The van der Waals surface area contributed by atoms with Gasteiger partial charge < -0.3 is 14.8 Å². The van der Waals surface area contributed by atoms with E-state index >= 15 is 0 Å². The van der Waals surface area contributed by atoms with Crippen LogP contribution in [0.15, 0.2) is 42.5 Å². The third-order valence-corrected chi connectivity index (χ3v) is 3.84. The van der Waals surface area contributed by atoms with Crippen LogP contribution >= 0.6 is 11.6 Å². The summed E-state index contributed by atoms with van der Waals surface area (Å²) in [5, 5.41) is 13.7. The number of benzene rings is 2. The number of nitrogens with one attached hydrogen (secondary N) is 1. The van der Waals surface area contributed by atoms with Gasteiger partial charge in [0.1, 0.15) is 11.3 Å². The number of nitrogens with zero attached hydrogens (tertiary/aromatic N) is 1. The lowest BCUT2D eigenvalue weighted by Crippen LogP contribution is -2.30. The maximum atomic E-state index is 12.0. The van der Waals surface area contributed by atoms with E-state index in [-0.39, 0.29) is 10.6 Å². The van der Waals surface area contributed by atoms with Gasteiger partial charge in [-0.15, -0.1) is 0 Å². The molecular formula is C18H17ClN2O6. The molecule has 2 rings (SSSR count). The summed E-state index contributed by atoms with van der Waals surface area (Å²) in [5.41, 5.74) is 0.257. The second kappa shape index (κ2) is 9.54. The first-order valence-electron chi connectivity index (χ1n) is 7.91. The van der Waals surface area contributed by atoms with Gasteiger partial charge in [-0.3, -0.25) is 14.9 Å². The molecule has 9 heteroatoms. The zero-order chi connectivity index (χ0) is 19.8. The summed E-state index contributed by atoms with van der Waals surface area (Å²) >= 11 is 5.69. The Morgan fingerprint density at radius 2 is 1.89 bits per heavy atom. The average molecular weight is 393 g/mol. The van der Waals surface area contributed by atoms with Crippen molar-refractivity contribution in [1.29, 1.82) is 0 Å². The molecule has 8 nitrogen and oxygen atoms in total. The number of esters is 1. The zero-order valence-electron chi connectivity index (χ0n) is 14.4. The number of rotatable bonds is 8. The molecule has 0 saturated heterocycles. The molecule has 0 unspecified atom stereocenters. The predicted octanol–water partition coefficient (Wildman–Crippen LogP) is 2.77. The molecule has 0 aromatic heterocycles. The second-order valence-corrected chi connectivity index (χ2v) is 5.88. The van der Waals surface area contributed by atoms with Gasteiger partial charge in [-0.1, -0.05) is 23.7 Å². The van der Waals surface area contributed by atoms with Crippen molar-refractivity contribution < 1.29 is 24.0 Å². The van der Waals surface area contributed by atoms with Crippen LogP contribution < -0.4 is 10.1 Å². The van der Waals surface area contributed by atoms with Crippen molar-refractivity contribution in [2.24, 2.45) is 0 Å². The third kappa shape index (κ3) is 5.96. The standard InChI is InChI=1S/C18H17ClN2O6/c1-26-14-5-2-12(3-6-14)8-9-20-17(22)11-27-18(23)15-7-4-13(19)10-16(15)21(24)25/h2-7,10H,8-9,11H2,1H3,(H,20,22). The summed E-state index contributed by atoms with van der Waals surface area (Å²) in [7, 11) is 1.58. The Balaban J connectivity index is 1.81. The van der Waals surface area contributed by atoms with Crippen LogP contribution in [0, 0.1) is 10.1 Å². The Morgan fingerprint density at radius 3 is 2.52 bits per heavy atom. The molecule has 0 atom stereocenters. The minimum absolute atomic E-state index is 0.120. The smallest absolute Gasteiger partial charge is 0.345 e. The number of ether oxygens (including phenoxy) is 2. The highest BCUT2D eigenvalue weighted by molar-refractivity contribution is 6.31. The maximum absolute atomic E-state index is 12.0. The van der Waals surface area contributed by atoms with E-state index in [0.717, 1.165) is 17.4 Å². The van der Waals surface area contributed by atoms with E-state index in [1.165, 1.54) is 12.1 Å². The Hall–Kier alpha value is -3.13. The van der Waals surface area contributed by atoms with Crippen molar-refractivity contribution in [1.82, 2.24) is 5.32 Å². The van der Waals surface area contributed by atoms with Crippen LogP contribution in [0.25, 0.3) is 0 Å².